The Kier molecular flexibility index (Phi) is 9.68. The highest BCUT2D eigenvalue weighted by Crippen LogP contribution is 2.26. The van der Waals surface area contributed by atoms with E-state index in [1.165, 1.54) is 0 Å². The molecule has 0 saturated heterocycles. The Morgan fingerprint density at radius 1 is 0.480 bits per heavy atom. The van der Waals surface area contributed by atoms with Crippen LogP contribution in [0.2, 0.25) is 65.5 Å². The van der Waals surface area contributed by atoms with Gasteiger partial charge in [-0.2, -0.15) is 0 Å². The van der Waals surface area contributed by atoms with Crippen LogP contribution >= 0.6 is 0 Å². The molecule has 0 radical (unpaired) electrons. The van der Waals surface area contributed by atoms with Crippen LogP contribution in [0.1, 0.15) is 13.8 Å². The average molecular weight is 445 g/mol. The number of hydrogen-bond donors (Lipinski definition) is 0. The molecule has 25 heavy (non-hydrogen) atoms. The van der Waals surface area contributed by atoms with Crippen LogP contribution in [0.25, 0.3) is 0 Å². The van der Waals surface area contributed by atoms with E-state index < -0.39 is 42.8 Å². The van der Waals surface area contributed by atoms with E-state index in [9.17, 15) is 0 Å². The van der Waals surface area contributed by atoms with Crippen molar-refractivity contribution in [2.24, 2.45) is 0 Å². The standard InChI is InChI=1S/C14H40O6Si5/c1-13-15-25(12,16-14-2)20-24(10,11)19-23(8,9)18-22(6,7)17-21(3,4)5/h13-14H2,1-12H3. The van der Waals surface area contributed by atoms with Crippen LogP contribution in [0, 0.1) is 0 Å². The Balaban J connectivity index is 5.05. The van der Waals surface area contributed by atoms with E-state index in [4.69, 9.17) is 25.3 Å². The first-order valence-corrected chi connectivity index (χ1v) is 23.1. The fourth-order valence-electron chi connectivity index (χ4n) is 3.06. The van der Waals surface area contributed by atoms with Gasteiger partial charge in [-0.15, -0.1) is 0 Å². The van der Waals surface area contributed by atoms with E-state index in [2.05, 4.69) is 45.8 Å². The first kappa shape index (κ1) is 25.8. The SMILES string of the molecule is CCO[Si](C)(OCC)O[Si](C)(C)O[Si](C)(C)O[Si](C)(C)O[Si](C)(C)C. The zero-order valence-electron chi connectivity index (χ0n) is 18.4. The van der Waals surface area contributed by atoms with Gasteiger partial charge >= 0.3 is 34.5 Å². The Hall–Kier alpha value is 0.844. The van der Waals surface area contributed by atoms with E-state index in [0.717, 1.165) is 0 Å². The molecule has 0 atom stereocenters. The third-order valence-electron chi connectivity index (χ3n) is 2.78. The maximum absolute atomic E-state index is 6.44. The lowest BCUT2D eigenvalue weighted by molar-refractivity contribution is 0.111. The summed E-state index contributed by atoms with van der Waals surface area (Å²) in [6.45, 7) is 25.9. The quantitative estimate of drug-likeness (QED) is 0.409. The first-order valence-electron chi connectivity index (χ1n) is 9.03. The Morgan fingerprint density at radius 3 is 1.12 bits per heavy atom. The van der Waals surface area contributed by atoms with E-state index >= 15 is 0 Å². The zero-order valence-corrected chi connectivity index (χ0v) is 23.4. The maximum Gasteiger partial charge on any atom is 0.488 e. The minimum absolute atomic E-state index is 0.564. The lowest BCUT2D eigenvalue weighted by Gasteiger charge is -2.41. The summed E-state index contributed by atoms with van der Waals surface area (Å²) < 4.78 is 37.1. The van der Waals surface area contributed by atoms with Crippen molar-refractivity contribution in [2.45, 2.75) is 79.3 Å². The number of hydrogen-bond acceptors (Lipinski definition) is 6. The van der Waals surface area contributed by atoms with Crippen molar-refractivity contribution in [3.05, 3.63) is 0 Å². The highest BCUT2D eigenvalue weighted by Gasteiger charge is 2.48. The molecular formula is C14H40O6Si5. The second-order valence-electron chi connectivity index (χ2n) is 8.45. The second-order valence-corrected chi connectivity index (χ2v) is 26.6. The molecule has 0 rings (SSSR count). The molecular weight excluding hydrogens is 405 g/mol. The van der Waals surface area contributed by atoms with Crippen molar-refractivity contribution in [3.8, 4) is 0 Å². The predicted molar refractivity (Wildman–Crippen MR) is 115 cm³/mol. The molecule has 0 aromatic carbocycles. The van der Waals surface area contributed by atoms with Gasteiger partial charge in [-0.1, -0.05) is 0 Å². The van der Waals surface area contributed by atoms with Crippen molar-refractivity contribution in [3.63, 3.8) is 0 Å². The molecule has 0 spiro atoms. The minimum atomic E-state index is -2.69. The van der Waals surface area contributed by atoms with Crippen LogP contribution in [0.15, 0.2) is 0 Å². The predicted octanol–water partition coefficient (Wildman–Crippen LogP) is 4.63. The van der Waals surface area contributed by atoms with Gasteiger partial charge in [-0.3, -0.25) is 0 Å². The van der Waals surface area contributed by atoms with Crippen molar-refractivity contribution in [2.75, 3.05) is 13.2 Å². The van der Waals surface area contributed by atoms with Crippen molar-refractivity contribution in [1.29, 1.82) is 0 Å². The molecule has 0 aliphatic heterocycles. The largest absolute Gasteiger partial charge is 0.488 e. The molecule has 0 heterocycles. The van der Waals surface area contributed by atoms with E-state index in [0.29, 0.717) is 13.2 Å². The summed E-state index contributed by atoms with van der Waals surface area (Å²) in [4.78, 5) is 0. The second kappa shape index (κ2) is 9.36. The summed E-state index contributed by atoms with van der Waals surface area (Å²) in [6, 6.07) is 0. The Morgan fingerprint density at radius 2 is 0.800 bits per heavy atom. The molecule has 0 unspecified atom stereocenters. The van der Waals surface area contributed by atoms with Gasteiger partial charge in [0.25, 0.3) is 0 Å². The van der Waals surface area contributed by atoms with Crippen LogP contribution in [-0.4, -0.2) is 56.0 Å². The van der Waals surface area contributed by atoms with Crippen LogP contribution in [0.3, 0.4) is 0 Å². The highest BCUT2D eigenvalue weighted by molar-refractivity contribution is 6.89. The summed E-state index contributed by atoms with van der Waals surface area (Å²) in [7, 11) is -11.5. The van der Waals surface area contributed by atoms with Gasteiger partial charge < -0.3 is 25.3 Å². The molecule has 0 N–H and O–H groups in total. The molecule has 6 nitrogen and oxygen atoms in total. The van der Waals surface area contributed by atoms with Crippen molar-refractivity contribution < 1.29 is 25.3 Å². The van der Waals surface area contributed by atoms with E-state index in [1.807, 2.05) is 33.5 Å². The highest BCUT2D eigenvalue weighted by atomic mass is 28.5. The van der Waals surface area contributed by atoms with Gasteiger partial charge in [0.05, 0.1) is 0 Å². The lowest BCUT2D eigenvalue weighted by Crippen LogP contribution is -2.59. The minimum Gasteiger partial charge on any atom is -0.437 e. The fraction of sp³-hybridized carbons (Fsp3) is 1.00. The van der Waals surface area contributed by atoms with Gasteiger partial charge in [0.2, 0.25) is 0 Å². The topological polar surface area (TPSA) is 55.4 Å². The van der Waals surface area contributed by atoms with Gasteiger partial charge in [-0.25, -0.2) is 0 Å². The van der Waals surface area contributed by atoms with Gasteiger partial charge in [0.1, 0.15) is 0 Å². The maximum atomic E-state index is 6.44. The summed E-state index contributed by atoms with van der Waals surface area (Å²) >= 11 is 0. The van der Waals surface area contributed by atoms with Crippen molar-refractivity contribution >= 4 is 42.8 Å². The molecule has 11 heteroatoms. The molecule has 0 aromatic rings. The average Bonchev–Trinajstić information content (AvgIpc) is 2.19. The molecule has 0 fully saturated rings. The lowest BCUT2D eigenvalue weighted by atomic mass is 10.9. The summed E-state index contributed by atoms with van der Waals surface area (Å²) in [5.74, 6) is 0. The summed E-state index contributed by atoms with van der Waals surface area (Å²) in [5, 5.41) is 0. The summed E-state index contributed by atoms with van der Waals surface area (Å²) in [5.41, 5.74) is 0. The molecule has 0 aliphatic rings. The normalized spacial score (nSPS) is 14.9. The smallest absolute Gasteiger partial charge is 0.437 e. The Bertz CT molecular complexity index is 405. The van der Waals surface area contributed by atoms with Gasteiger partial charge in [0, 0.05) is 19.8 Å². The molecule has 0 aromatic heterocycles. The van der Waals surface area contributed by atoms with Crippen LogP contribution < -0.4 is 0 Å². The molecule has 0 bridgehead atoms. The Labute approximate surface area is 160 Å². The van der Waals surface area contributed by atoms with E-state index in [1.54, 1.807) is 0 Å². The first-order chi connectivity index (χ1) is 10.9. The summed E-state index contributed by atoms with van der Waals surface area (Å²) in [6.07, 6.45) is 0. The molecule has 152 valence electrons. The van der Waals surface area contributed by atoms with E-state index in [-0.39, 0.29) is 0 Å². The van der Waals surface area contributed by atoms with Crippen LogP contribution in [0.5, 0.6) is 0 Å². The zero-order chi connectivity index (χ0) is 20.2. The van der Waals surface area contributed by atoms with Gasteiger partial charge in [0.15, 0.2) is 8.32 Å². The monoisotopic (exact) mass is 444 g/mol. The van der Waals surface area contributed by atoms with Gasteiger partial charge in [-0.05, 0) is 72.8 Å². The molecule has 0 saturated carbocycles. The number of rotatable bonds is 12. The fourth-order valence-corrected chi connectivity index (χ4v) is 25.2. The van der Waals surface area contributed by atoms with Crippen LogP contribution in [-0.2, 0) is 25.3 Å². The molecule has 0 aliphatic carbocycles. The van der Waals surface area contributed by atoms with Crippen LogP contribution in [0.4, 0.5) is 0 Å². The third-order valence-corrected chi connectivity index (χ3v) is 20.1. The third kappa shape index (κ3) is 12.0. The molecule has 0 amide bonds. The van der Waals surface area contributed by atoms with Crippen molar-refractivity contribution in [1.82, 2.24) is 0 Å².